The van der Waals surface area contributed by atoms with Crippen LogP contribution in [0.15, 0.2) is 18.2 Å². The van der Waals surface area contributed by atoms with Crippen LogP contribution in [0.2, 0.25) is 0 Å². The zero-order chi connectivity index (χ0) is 14.4. The molecule has 4 nitrogen and oxygen atoms in total. The fraction of sp³-hybridized carbons (Fsp3) is 0.625. The number of ether oxygens (including phenoxy) is 3. The highest BCUT2D eigenvalue weighted by Gasteiger charge is 2.20. The molecule has 0 aliphatic heterocycles. The average molecular weight is 279 g/mol. The van der Waals surface area contributed by atoms with E-state index < -0.39 is 0 Å². The molecule has 0 heterocycles. The van der Waals surface area contributed by atoms with E-state index in [1.54, 1.807) is 14.2 Å². The molecule has 1 fully saturated rings. The highest BCUT2D eigenvalue weighted by molar-refractivity contribution is 5.42. The smallest absolute Gasteiger partial charge is 0.161 e. The summed E-state index contributed by atoms with van der Waals surface area (Å²) in [5.41, 5.74) is 1.12. The van der Waals surface area contributed by atoms with Gasteiger partial charge < -0.3 is 19.5 Å². The van der Waals surface area contributed by atoms with E-state index in [2.05, 4.69) is 5.32 Å². The van der Waals surface area contributed by atoms with Gasteiger partial charge in [-0.2, -0.15) is 0 Å². The quantitative estimate of drug-likeness (QED) is 0.869. The van der Waals surface area contributed by atoms with Crippen molar-refractivity contribution in [1.29, 1.82) is 0 Å². The molecule has 0 spiro atoms. The van der Waals surface area contributed by atoms with Crippen molar-refractivity contribution in [2.24, 2.45) is 0 Å². The van der Waals surface area contributed by atoms with Gasteiger partial charge in [-0.3, -0.25) is 0 Å². The first kappa shape index (κ1) is 15.1. The van der Waals surface area contributed by atoms with Crippen molar-refractivity contribution >= 4 is 0 Å². The van der Waals surface area contributed by atoms with Crippen molar-refractivity contribution in [2.75, 3.05) is 21.3 Å². The summed E-state index contributed by atoms with van der Waals surface area (Å²) in [6.45, 7) is 0.634. The molecule has 112 valence electrons. The third kappa shape index (κ3) is 3.87. The van der Waals surface area contributed by atoms with Crippen molar-refractivity contribution in [3.63, 3.8) is 0 Å². The van der Waals surface area contributed by atoms with Crippen LogP contribution >= 0.6 is 0 Å². The van der Waals surface area contributed by atoms with E-state index in [0.29, 0.717) is 18.8 Å². The number of nitrogens with one attached hydrogen (secondary N) is 1. The van der Waals surface area contributed by atoms with Gasteiger partial charge in [0.25, 0.3) is 0 Å². The van der Waals surface area contributed by atoms with Gasteiger partial charge in [0.05, 0.1) is 26.9 Å². The number of hydrogen-bond donors (Lipinski definition) is 1. The van der Waals surface area contributed by atoms with Gasteiger partial charge in [-0.15, -0.1) is 0 Å². The number of benzene rings is 1. The zero-order valence-corrected chi connectivity index (χ0v) is 12.6. The van der Waals surface area contributed by atoms with E-state index in [9.17, 15) is 0 Å². The summed E-state index contributed by atoms with van der Waals surface area (Å²) in [6, 6.07) is 6.60. The Kier molecular flexibility index (Phi) is 5.68. The van der Waals surface area contributed by atoms with Crippen molar-refractivity contribution in [1.82, 2.24) is 5.32 Å². The van der Waals surface area contributed by atoms with Gasteiger partial charge in [0, 0.05) is 6.04 Å². The molecule has 0 atom stereocenters. The second-order valence-electron chi connectivity index (χ2n) is 5.26. The molecule has 0 unspecified atom stereocenters. The predicted octanol–water partition coefficient (Wildman–Crippen LogP) is 2.75. The molecule has 20 heavy (non-hydrogen) atoms. The normalized spacial score (nSPS) is 22.6. The molecule has 0 radical (unpaired) electrons. The van der Waals surface area contributed by atoms with Gasteiger partial charge in [-0.1, -0.05) is 6.07 Å². The molecule has 1 N–H and O–H groups in total. The molecule has 1 aromatic carbocycles. The maximum Gasteiger partial charge on any atom is 0.161 e. The fourth-order valence-electron chi connectivity index (χ4n) is 2.70. The van der Waals surface area contributed by atoms with Crippen LogP contribution in [0.4, 0.5) is 0 Å². The maximum absolute atomic E-state index is 6.01. The lowest BCUT2D eigenvalue weighted by atomic mass is 9.93. The summed E-state index contributed by atoms with van der Waals surface area (Å²) < 4.78 is 16.6. The zero-order valence-electron chi connectivity index (χ0n) is 12.6. The van der Waals surface area contributed by atoms with E-state index in [4.69, 9.17) is 14.2 Å². The predicted molar refractivity (Wildman–Crippen MR) is 79.4 cm³/mol. The standard InChI is InChI=1S/C16H25NO3/c1-17-13-5-7-14(8-6-13)20-11-12-4-9-15(18-2)16(10-12)19-3/h4,9-10,13-14,17H,5-8,11H2,1-3H3. The Bertz CT molecular complexity index is 414. The minimum Gasteiger partial charge on any atom is -0.493 e. The summed E-state index contributed by atoms with van der Waals surface area (Å²) in [5, 5.41) is 3.34. The van der Waals surface area contributed by atoms with Crippen LogP contribution in [0.1, 0.15) is 31.2 Å². The first-order chi connectivity index (χ1) is 9.76. The Labute approximate surface area is 121 Å². The van der Waals surface area contributed by atoms with E-state index in [0.717, 1.165) is 29.9 Å². The molecule has 1 aliphatic rings. The summed E-state index contributed by atoms with van der Waals surface area (Å²) in [6.07, 6.45) is 5.06. The second-order valence-corrected chi connectivity index (χ2v) is 5.26. The Morgan fingerprint density at radius 3 is 2.35 bits per heavy atom. The lowest BCUT2D eigenvalue weighted by molar-refractivity contribution is 0.0118. The van der Waals surface area contributed by atoms with Crippen LogP contribution in [0.5, 0.6) is 11.5 Å². The molecule has 0 aromatic heterocycles. The molecular formula is C16H25NO3. The van der Waals surface area contributed by atoms with Crippen LogP contribution < -0.4 is 14.8 Å². The van der Waals surface area contributed by atoms with E-state index in [-0.39, 0.29) is 0 Å². The van der Waals surface area contributed by atoms with Gasteiger partial charge in [0.1, 0.15) is 0 Å². The summed E-state index contributed by atoms with van der Waals surface area (Å²) in [5.74, 6) is 1.51. The van der Waals surface area contributed by atoms with E-state index in [1.807, 2.05) is 25.2 Å². The van der Waals surface area contributed by atoms with Crippen molar-refractivity contribution < 1.29 is 14.2 Å². The van der Waals surface area contributed by atoms with Crippen LogP contribution in [0.3, 0.4) is 0 Å². The van der Waals surface area contributed by atoms with Gasteiger partial charge in [0.2, 0.25) is 0 Å². The SMILES string of the molecule is CNC1CCC(OCc2ccc(OC)c(OC)c2)CC1. The minimum absolute atomic E-state index is 0.382. The van der Waals surface area contributed by atoms with Crippen LogP contribution in [0.25, 0.3) is 0 Å². The molecule has 0 bridgehead atoms. The van der Waals surface area contributed by atoms with Gasteiger partial charge >= 0.3 is 0 Å². The molecular weight excluding hydrogens is 254 g/mol. The van der Waals surface area contributed by atoms with Crippen molar-refractivity contribution in [2.45, 2.75) is 44.4 Å². The Hall–Kier alpha value is -1.26. The maximum atomic E-state index is 6.01. The number of methoxy groups -OCH3 is 2. The molecule has 1 aliphatic carbocycles. The van der Waals surface area contributed by atoms with Crippen molar-refractivity contribution in [3.8, 4) is 11.5 Å². The molecule has 2 rings (SSSR count). The monoisotopic (exact) mass is 279 g/mol. The Morgan fingerprint density at radius 2 is 1.75 bits per heavy atom. The van der Waals surface area contributed by atoms with Crippen molar-refractivity contribution in [3.05, 3.63) is 23.8 Å². The molecule has 1 aromatic rings. The van der Waals surface area contributed by atoms with Crippen LogP contribution in [-0.4, -0.2) is 33.4 Å². The topological polar surface area (TPSA) is 39.7 Å². The molecule has 0 saturated heterocycles. The average Bonchev–Trinajstić information content (AvgIpc) is 2.53. The Balaban J connectivity index is 1.85. The fourth-order valence-corrected chi connectivity index (χ4v) is 2.70. The van der Waals surface area contributed by atoms with E-state index in [1.165, 1.54) is 12.8 Å². The van der Waals surface area contributed by atoms with Crippen LogP contribution in [0, 0.1) is 0 Å². The summed E-state index contributed by atoms with van der Waals surface area (Å²) in [7, 11) is 5.34. The molecule has 0 amide bonds. The number of hydrogen-bond acceptors (Lipinski definition) is 4. The first-order valence-electron chi connectivity index (χ1n) is 7.26. The summed E-state index contributed by atoms with van der Waals surface area (Å²) in [4.78, 5) is 0. The van der Waals surface area contributed by atoms with Gasteiger partial charge in [0.15, 0.2) is 11.5 Å². The first-order valence-corrected chi connectivity index (χ1v) is 7.26. The number of rotatable bonds is 6. The van der Waals surface area contributed by atoms with Gasteiger partial charge in [-0.05, 0) is 50.4 Å². The largest absolute Gasteiger partial charge is 0.493 e. The highest BCUT2D eigenvalue weighted by Crippen LogP contribution is 2.28. The lowest BCUT2D eigenvalue weighted by Gasteiger charge is -2.28. The lowest BCUT2D eigenvalue weighted by Crippen LogP contribution is -2.32. The summed E-state index contributed by atoms with van der Waals surface area (Å²) >= 11 is 0. The molecule has 4 heteroatoms. The van der Waals surface area contributed by atoms with E-state index >= 15 is 0 Å². The molecule has 1 saturated carbocycles. The van der Waals surface area contributed by atoms with Crippen LogP contribution in [-0.2, 0) is 11.3 Å². The highest BCUT2D eigenvalue weighted by atomic mass is 16.5. The Morgan fingerprint density at radius 1 is 1.05 bits per heavy atom. The second kappa shape index (κ2) is 7.50. The third-order valence-corrected chi connectivity index (χ3v) is 4.02. The third-order valence-electron chi connectivity index (χ3n) is 4.02. The minimum atomic E-state index is 0.382. The van der Waals surface area contributed by atoms with Gasteiger partial charge in [-0.25, -0.2) is 0 Å².